The largest absolute Gasteiger partial charge is 0.467 e. The highest BCUT2D eigenvalue weighted by molar-refractivity contribution is 8.00. The molecule has 1 heterocycles. The monoisotopic (exact) mass is 380 g/mol. The summed E-state index contributed by atoms with van der Waals surface area (Å²) in [6.45, 7) is 2.31. The molecule has 0 saturated carbocycles. The first-order valence-electron chi connectivity index (χ1n) is 8.51. The van der Waals surface area contributed by atoms with Crippen molar-refractivity contribution in [3.05, 3.63) is 83.8 Å². The maximum atomic E-state index is 12.5. The van der Waals surface area contributed by atoms with Crippen molar-refractivity contribution >= 4 is 29.3 Å². The zero-order valence-corrected chi connectivity index (χ0v) is 15.7. The number of aryl methyl sites for hydroxylation is 1. The van der Waals surface area contributed by atoms with E-state index in [-0.39, 0.29) is 17.6 Å². The Morgan fingerprint density at radius 2 is 1.78 bits per heavy atom. The molecule has 0 saturated heterocycles. The summed E-state index contributed by atoms with van der Waals surface area (Å²) < 4.78 is 5.22. The number of benzene rings is 2. The van der Waals surface area contributed by atoms with Crippen LogP contribution in [0.3, 0.4) is 0 Å². The number of amides is 2. The minimum atomic E-state index is -0.201. The van der Waals surface area contributed by atoms with Gasteiger partial charge in [0.05, 0.1) is 24.1 Å². The van der Waals surface area contributed by atoms with Gasteiger partial charge in [-0.25, -0.2) is 0 Å². The van der Waals surface area contributed by atoms with E-state index in [0.29, 0.717) is 17.9 Å². The van der Waals surface area contributed by atoms with Crippen LogP contribution in [0.4, 0.5) is 5.69 Å². The molecule has 6 heteroatoms. The van der Waals surface area contributed by atoms with Gasteiger partial charge in [0, 0.05) is 10.6 Å². The van der Waals surface area contributed by atoms with Gasteiger partial charge < -0.3 is 15.1 Å². The molecule has 138 valence electrons. The van der Waals surface area contributed by atoms with Gasteiger partial charge in [0.25, 0.3) is 5.91 Å². The Balaban J connectivity index is 1.57. The zero-order chi connectivity index (χ0) is 19.1. The molecular formula is C21H20N2O3S. The average molecular weight is 380 g/mol. The van der Waals surface area contributed by atoms with Gasteiger partial charge in [0.15, 0.2) is 0 Å². The van der Waals surface area contributed by atoms with Gasteiger partial charge in [-0.1, -0.05) is 29.8 Å². The number of thioether (sulfide) groups is 1. The number of nitrogens with one attached hydrogen (secondary N) is 2. The van der Waals surface area contributed by atoms with Gasteiger partial charge in [-0.15, -0.1) is 11.8 Å². The highest BCUT2D eigenvalue weighted by Crippen LogP contribution is 2.23. The number of furan rings is 1. The van der Waals surface area contributed by atoms with Crippen LogP contribution in [0.5, 0.6) is 0 Å². The molecular weight excluding hydrogens is 360 g/mol. The topological polar surface area (TPSA) is 71.3 Å². The quantitative estimate of drug-likeness (QED) is 0.601. The number of hydrogen-bond donors (Lipinski definition) is 2. The maximum absolute atomic E-state index is 12.5. The van der Waals surface area contributed by atoms with E-state index in [4.69, 9.17) is 4.42 Å². The van der Waals surface area contributed by atoms with Gasteiger partial charge in [0.1, 0.15) is 5.76 Å². The van der Waals surface area contributed by atoms with Crippen molar-refractivity contribution in [2.75, 3.05) is 11.1 Å². The molecule has 0 unspecified atom stereocenters. The fourth-order valence-corrected chi connectivity index (χ4v) is 3.28. The van der Waals surface area contributed by atoms with Crippen LogP contribution in [0.2, 0.25) is 0 Å². The van der Waals surface area contributed by atoms with Crippen molar-refractivity contribution in [2.45, 2.75) is 18.4 Å². The van der Waals surface area contributed by atoms with Gasteiger partial charge in [0.2, 0.25) is 5.91 Å². The van der Waals surface area contributed by atoms with Crippen LogP contribution >= 0.6 is 11.8 Å². The van der Waals surface area contributed by atoms with Crippen molar-refractivity contribution in [3.63, 3.8) is 0 Å². The molecule has 0 atom stereocenters. The molecule has 3 rings (SSSR count). The molecule has 3 aromatic rings. The average Bonchev–Trinajstić information content (AvgIpc) is 3.20. The van der Waals surface area contributed by atoms with Crippen molar-refractivity contribution in [2.24, 2.45) is 0 Å². The zero-order valence-electron chi connectivity index (χ0n) is 14.9. The Hall–Kier alpha value is -2.99. The third-order valence-corrected chi connectivity index (χ3v) is 4.90. The number of anilines is 1. The molecule has 2 aromatic carbocycles. The molecule has 0 radical (unpaired) electrons. The van der Waals surface area contributed by atoms with Crippen LogP contribution in [0.25, 0.3) is 0 Å². The Morgan fingerprint density at radius 3 is 2.52 bits per heavy atom. The molecule has 0 spiro atoms. The van der Waals surface area contributed by atoms with Crippen molar-refractivity contribution in [1.82, 2.24) is 5.32 Å². The lowest BCUT2D eigenvalue weighted by Crippen LogP contribution is -2.23. The van der Waals surface area contributed by atoms with Gasteiger partial charge in [-0.2, -0.15) is 0 Å². The summed E-state index contributed by atoms with van der Waals surface area (Å²) in [5, 5.41) is 5.69. The maximum Gasteiger partial charge on any atom is 0.252 e. The molecule has 0 aliphatic heterocycles. The first kappa shape index (κ1) is 18.8. The predicted molar refractivity (Wildman–Crippen MR) is 107 cm³/mol. The fourth-order valence-electron chi connectivity index (χ4n) is 2.43. The molecule has 2 N–H and O–H groups in total. The van der Waals surface area contributed by atoms with Crippen molar-refractivity contribution in [3.8, 4) is 0 Å². The highest BCUT2D eigenvalue weighted by Gasteiger charge is 2.13. The lowest BCUT2D eigenvalue weighted by Gasteiger charge is -2.10. The predicted octanol–water partition coefficient (Wildman–Crippen LogP) is 4.25. The van der Waals surface area contributed by atoms with E-state index in [1.165, 1.54) is 11.8 Å². The molecule has 0 fully saturated rings. The minimum Gasteiger partial charge on any atom is -0.467 e. The number of carbonyl (C=O) groups is 2. The minimum absolute atomic E-state index is 0.116. The van der Waals surface area contributed by atoms with Gasteiger partial charge >= 0.3 is 0 Å². The Kier molecular flexibility index (Phi) is 6.33. The summed E-state index contributed by atoms with van der Waals surface area (Å²) in [5.41, 5.74) is 2.43. The van der Waals surface area contributed by atoms with Crippen LogP contribution in [0.15, 0.2) is 76.2 Å². The Bertz CT molecular complexity index is 905. The van der Waals surface area contributed by atoms with E-state index in [1.54, 1.807) is 30.5 Å². The Morgan fingerprint density at radius 1 is 1.00 bits per heavy atom. The van der Waals surface area contributed by atoms with Crippen LogP contribution in [-0.2, 0) is 11.3 Å². The van der Waals surface area contributed by atoms with E-state index >= 15 is 0 Å². The van der Waals surface area contributed by atoms with Crippen LogP contribution in [0, 0.1) is 6.92 Å². The molecule has 5 nitrogen and oxygen atoms in total. The number of hydrogen-bond acceptors (Lipinski definition) is 4. The van der Waals surface area contributed by atoms with Gasteiger partial charge in [-0.3, -0.25) is 9.59 Å². The third-order valence-electron chi connectivity index (χ3n) is 3.83. The smallest absolute Gasteiger partial charge is 0.252 e. The summed E-state index contributed by atoms with van der Waals surface area (Å²) in [5.74, 6) is 0.588. The standard InChI is InChI=1S/C21H20N2O3S/c1-15-8-10-16(11-9-15)23-20(24)14-27-19-7-3-2-6-18(19)21(25)22-13-17-5-4-12-26-17/h2-12H,13-14H2,1H3,(H,22,25)(H,23,24). The lowest BCUT2D eigenvalue weighted by molar-refractivity contribution is -0.113. The van der Waals surface area contributed by atoms with E-state index < -0.39 is 0 Å². The molecule has 0 aliphatic rings. The summed E-state index contributed by atoms with van der Waals surface area (Å²) in [4.78, 5) is 25.4. The first-order valence-corrected chi connectivity index (χ1v) is 9.49. The van der Waals surface area contributed by atoms with Crippen LogP contribution < -0.4 is 10.6 Å². The van der Waals surface area contributed by atoms with E-state index in [0.717, 1.165) is 16.1 Å². The van der Waals surface area contributed by atoms with Crippen LogP contribution in [-0.4, -0.2) is 17.6 Å². The summed E-state index contributed by atoms with van der Waals surface area (Å²) in [6, 6.07) is 18.4. The van der Waals surface area contributed by atoms with E-state index in [9.17, 15) is 9.59 Å². The number of rotatable bonds is 7. The Labute approximate surface area is 162 Å². The second-order valence-corrected chi connectivity index (χ2v) is 6.98. The summed E-state index contributed by atoms with van der Waals surface area (Å²) in [6.07, 6.45) is 1.57. The number of carbonyl (C=O) groups excluding carboxylic acids is 2. The first-order chi connectivity index (χ1) is 13.1. The van der Waals surface area contributed by atoms with Crippen molar-refractivity contribution in [1.29, 1.82) is 0 Å². The second kappa shape index (κ2) is 9.09. The lowest BCUT2D eigenvalue weighted by atomic mass is 10.2. The molecule has 0 bridgehead atoms. The van der Waals surface area contributed by atoms with E-state index in [2.05, 4.69) is 10.6 Å². The summed E-state index contributed by atoms with van der Waals surface area (Å²) in [7, 11) is 0. The second-order valence-electron chi connectivity index (χ2n) is 5.96. The normalized spacial score (nSPS) is 10.4. The fraction of sp³-hybridized carbons (Fsp3) is 0.143. The molecule has 2 amide bonds. The molecule has 27 heavy (non-hydrogen) atoms. The molecule has 0 aliphatic carbocycles. The van der Waals surface area contributed by atoms with Crippen molar-refractivity contribution < 1.29 is 14.0 Å². The van der Waals surface area contributed by atoms with E-state index in [1.807, 2.05) is 43.3 Å². The SMILES string of the molecule is Cc1ccc(NC(=O)CSc2ccccc2C(=O)NCc2ccco2)cc1. The third kappa shape index (κ3) is 5.49. The highest BCUT2D eigenvalue weighted by atomic mass is 32.2. The summed E-state index contributed by atoms with van der Waals surface area (Å²) >= 11 is 1.33. The van der Waals surface area contributed by atoms with Gasteiger partial charge in [-0.05, 0) is 43.3 Å². The van der Waals surface area contributed by atoms with Crippen LogP contribution in [0.1, 0.15) is 21.7 Å². The molecule has 1 aromatic heterocycles.